The van der Waals surface area contributed by atoms with Crippen molar-refractivity contribution in [1.82, 2.24) is 14.5 Å². The molecular formula is C13H17N3O3. The summed E-state index contributed by atoms with van der Waals surface area (Å²) < 4.78 is 6.97. The van der Waals surface area contributed by atoms with Crippen LogP contribution in [0.25, 0.3) is 11.0 Å². The van der Waals surface area contributed by atoms with Crippen LogP contribution in [0.15, 0.2) is 23.0 Å². The van der Waals surface area contributed by atoms with Gasteiger partial charge in [0.05, 0.1) is 24.2 Å². The topological polar surface area (TPSA) is 70.5 Å². The van der Waals surface area contributed by atoms with Crippen molar-refractivity contribution in [1.29, 1.82) is 0 Å². The number of nitrogens with one attached hydrogen (secondary N) is 1. The SMILES string of the molecule is O=c1[nH]c2ccc(O)cc2n1CCN1CCOCC1. The molecule has 2 aromatic rings. The minimum Gasteiger partial charge on any atom is -0.508 e. The maximum absolute atomic E-state index is 11.9. The van der Waals surface area contributed by atoms with E-state index >= 15 is 0 Å². The first-order chi connectivity index (χ1) is 9.24. The van der Waals surface area contributed by atoms with Crippen molar-refractivity contribution in [3.8, 4) is 5.75 Å². The second kappa shape index (κ2) is 5.07. The van der Waals surface area contributed by atoms with Crippen LogP contribution < -0.4 is 5.69 Å². The number of H-pyrrole nitrogens is 1. The minimum absolute atomic E-state index is 0.131. The number of nitrogens with zero attached hydrogens (tertiary/aromatic N) is 2. The van der Waals surface area contributed by atoms with Gasteiger partial charge in [0.2, 0.25) is 0 Å². The first-order valence-electron chi connectivity index (χ1n) is 6.46. The molecule has 6 nitrogen and oxygen atoms in total. The molecule has 0 atom stereocenters. The number of benzene rings is 1. The highest BCUT2D eigenvalue weighted by Gasteiger charge is 2.12. The summed E-state index contributed by atoms with van der Waals surface area (Å²) in [7, 11) is 0. The smallest absolute Gasteiger partial charge is 0.326 e. The molecule has 0 aliphatic carbocycles. The van der Waals surface area contributed by atoms with Gasteiger partial charge < -0.3 is 14.8 Å². The number of imidazole rings is 1. The lowest BCUT2D eigenvalue weighted by atomic mass is 10.3. The summed E-state index contributed by atoms with van der Waals surface area (Å²) in [6, 6.07) is 4.91. The molecular weight excluding hydrogens is 246 g/mol. The van der Waals surface area contributed by atoms with Crippen LogP contribution in [0.1, 0.15) is 0 Å². The Labute approximate surface area is 110 Å². The molecule has 1 aliphatic heterocycles. The zero-order chi connectivity index (χ0) is 13.2. The van der Waals surface area contributed by atoms with E-state index in [2.05, 4.69) is 9.88 Å². The van der Waals surface area contributed by atoms with E-state index in [4.69, 9.17) is 4.74 Å². The first kappa shape index (κ1) is 12.3. The quantitative estimate of drug-likeness (QED) is 0.839. The van der Waals surface area contributed by atoms with Gasteiger partial charge in [-0.15, -0.1) is 0 Å². The van der Waals surface area contributed by atoms with Gasteiger partial charge in [-0.05, 0) is 12.1 Å². The van der Waals surface area contributed by atoms with E-state index in [1.807, 2.05) is 0 Å². The lowest BCUT2D eigenvalue weighted by molar-refractivity contribution is 0.0364. The Hall–Kier alpha value is -1.79. The molecule has 1 fully saturated rings. The molecule has 1 aliphatic rings. The third-order valence-electron chi connectivity index (χ3n) is 3.50. The maximum Gasteiger partial charge on any atom is 0.326 e. The van der Waals surface area contributed by atoms with E-state index in [1.54, 1.807) is 22.8 Å². The molecule has 0 radical (unpaired) electrons. The van der Waals surface area contributed by atoms with E-state index < -0.39 is 0 Å². The monoisotopic (exact) mass is 263 g/mol. The Bertz CT molecular complexity index is 626. The van der Waals surface area contributed by atoms with E-state index in [1.165, 1.54) is 0 Å². The van der Waals surface area contributed by atoms with E-state index in [0.29, 0.717) is 6.54 Å². The van der Waals surface area contributed by atoms with Crippen LogP contribution in [0, 0.1) is 0 Å². The van der Waals surface area contributed by atoms with Crippen molar-refractivity contribution in [2.24, 2.45) is 0 Å². The molecule has 2 heterocycles. The summed E-state index contributed by atoms with van der Waals surface area (Å²) >= 11 is 0. The molecule has 3 rings (SSSR count). The summed E-state index contributed by atoms with van der Waals surface area (Å²) in [4.78, 5) is 17.0. The van der Waals surface area contributed by atoms with Gasteiger partial charge in [0, 0.05) is 32.2 Å². The number of hydrogen-bond acceptors (Lipinski definition) is 4. The molecule has 0 saturated carbocycles. The van der Waals surface area contributed by atoms with Gasteiger partial charge in [0.15, 0.2) is 0 Å². The lowest BCUT2D eigenvalue weighted by Crippen LogP contribution is -2.39. The molecule has 1 aromatic heterocycles. The summed E-state index contributed by atoms with van der Waals surface area (Å²) in [5, 5.41) is 9.52. The van der Waals surface area contributed by atoms with Crippen molar-refractivity contribution in [3.05, 3.63) is 28.7 Å². The molecule has 0 bridgehead atoms. The maximum atomic E-state index is 11.9. The molecule has 2 N–H and O–H groups in total. The highest BCUT2D eigenvalue weighted by atomic mass is 16.5. The lowest BCUT2D eigenvalue weighted by Gasteiger charge is -2.26. The van der Waals surface area contributed by atoms with Gasteiger partial charge in [-0.1, -0.05) is 0 Å². The largest absolute Gasteiger partial charge is 0.508 e. The van der Waals surface area contributed by atoms with E-state index in [-0.39, 0.29) is 11.4 Å². The second-order valence-electron chi connectivity index (χ2n) is 4.74. The summed E-state index contributed by atoms with van der Waals surface area (Å²) in [5.41, 5.74) is 1.37. The molecule has 6 heteroatoms. The fourth-order valence-corrected chi connectivity index (χ4v) is 2.43. The van der Waals surface area contributed by atoms with Crippen molar-refractivity contribution in [2.45, 2.75) is 6.54 Å². The Balaban J connectivity index is 1.81. The number of fused-ring (bicyclic) bond motifs is 1. The third kappa shape index (κ3) is 2.50. The van der Waals surface area contributed by atoms with Crippen LogP contribution in [-0.4, -0.2) is 52.4 Å². The third-order valence-corrected chi connectivity index (χ3v) is 3.50. The van der Waals surface area contributed by atoms with Gasteiger partial charge in [-0.25, -0.2) is 4.79 Å². The Morgan fingerprint density at radius 1 is 1.26 bits per heavy atom. The Morgan fingerprint density at radius 2 is 2.05 bits per heavy atom. The molecule has 1 aromatic carbocycles. The van der Waals surface area contributed by atoms with Crippen LogP contribution in [0.3, 0.4) is 0 Å². The number of aromatic amines is 1. The number of morpholine rings is 1. The van der Waals surface area contributed by atoms with Gasteiger partial charge in [0.1, 0.15) is 5.75 Å². The van der Waals surface area contributed by atoms with Gasteiger partial charge in [-0.2, -0.15) is 0 Å². The Kier molecular flexibility index (Phi) is 3.27. The summed E-state index contributed by atoms with van der Waals surface area (Å²) in [6.07, 6.45) is 0. The fourth-order valence-electron chi connectivity index (χ4n) is 2.43. The van der Waals surface area contributed by atoms with Crippen LogP contribution in [0.4, 0.5) is 0 Å². The molecule has 1 saturated heterocycles. The highest BCUT2D eigenvalue weighted by Crippen LogP contribution is 2.17. The number of phenolic OH excluding ortho intramolecular Hbond substituents is 1. The van der Waals surface area contributed by atoms with Crippen molar-refractivity contribution in [3.63, 3.8) is 0 Å². The number of phenols is 1. The average Bonchev–Trinajstić information content (AvgIpc) is 2.73. The normalized spacial score (nSPS) is 17.1. The standard InChI is InChI=1S/C13H17N3O3/c17-10-1-2-11-12(9-10)16(13(18)14-11)4-3-15-5-7-19-8-6-15/h1-2,9,17H,3-8H2,(H,14,18). The minimum atomic E-state index is -0.131. The van der Waals surface area contributed by atoms with E-state index in [0.717, 1.165) is 43.9 Å². The molecule has 19 heavy (non-hydrogen) atoms. The number of aromatic nitrogens is 2. The molecule has 102 valence electrons. The van der Waals surface area contributed by atoms with Crippen LogP contribution in [0.5, 0.6) is 5.75 Å². The van der Waals surface area contributed by atoms with Crippen LogP contribution in [-0.2, 0) is 11.3 Å². The summed E-state index contributed by atoms with van der Waals surface area (Å²) in [5.74, 6) is 0.173. The van der Waals surface area contributed by atoms with Gasteiger partial charge in [0.25, 0.3) is 0 Å². The number of aromatic hydroxyl groups is 1. The van der Waals surface area contributed by atoms with E-state index in [9.17, 15) is 9.90 Å². The number of rotatable bonds is 3. The molecule has 0 spiro atoms. The zero-order valence-corrected chi connectivity index (χ0v) is 10.6. The van der Waals surface area contributed by atoms with Crippen molar-refractivity contribution < 1.29 is 9.84 Å². The zero-order valence-electron chi connectivity index (χ0n) is 10.6. The predicted molar refractivity (Wildman–Crippen MR) is 71.5 cm³/mol. The number of hydrogen-bond donors (Lipinski definition) is 2. The molecule has 0 unspecified atom stereocenters. The van der Waals surface area contributed by atoms with Crippen molar-refractivity contribution >= 4 is 11.0 Å². The first-order valence-corrected chi connectivity index (χ1v) is 6.46. The average molecular weight is 263 g/mol. The van der Waals surface area contributed by atoms with Crippen molar-refractivity contribution in [2.75, 3.05) is 32.8 Å². The fraction of sp³-hybridized carbons (Fsp3) is 0.462. The highest BCUT2D eigenvalue weighted by molar-refractivity contribution is 5.76. The number of ether oxygens (including phenoxy) is 1. The molecule has 0 amide bonds. The van der Waals surface area contributed by atoms with Gasteiger partial charge >= 0.3 is 5.69 Å². The second-order valence-corrected chi connectivity index (χ2v) is 4.74. The van der Waals surface area contributed by atoms with Crippen LogP contribution in [0.2, 0.25) is 0 Å². The summed E-state index contributed by atoms with van der Waals surface area (Å²) in [6.45, 7) is 4.74. The Morgan fingerprint density at radius 3 is 2.84 bits per heavy atom. The van der Waals surface area contributed by atoms with Gasteiger partial charge in [-0.3, -0.25) is 9.47 Å². The van der Waals surface area contributed by atoms with Crippen LogP contribution >= 0.6 is 0 Å². The predicted octanol–water partition coefficient (Wildman–Crippen LogP) is 0.367.